The van der Waals surface area contributed by atoms with Gasteiger partial charge < -0.3 is 9.47 Å². The smallest absolute Gasteiger partial charge is 0.282 e. The van der Waals surface area contributed by atoms with E-state index in [1.54, 1.807) is 36.4 Å². The normalized spacial score (nSPS) is 11.2. The lowest BCUT2D eigenvalue weighted by Gasteiger charge is -2.14. The van der Waals surface area contributed by atoms with Crippen LogP contribution in [-0.2, 0) is 6.61 Å². The Labute approximate surface area is 223 Å². The number of fused-ring (bicyclic) bond motifs is 1. The van der Waals surface area contributed by atoms with Crippen molar-refractivity contribution in [3.05, 3.63) is 123 Å². The highest BCUT2D eigenvalue weighted by Crippen LogP contribution is 2.34. The van der Waals surface area contributed by atoms with Crippen LogP contribution in [0.4, 0.5) is 0 Å². The number of methoxy groups -OCH3 is 1. The van der Waals surface area contributed by atoms with E-state index in [0.29, 0.717) is 43.8 Å². The second-order valence-electron chi connectivity index (χ2n) is 8.12. The summed E-state index contributed by atoms with van der Waals surface area (Å²) in [6.07, 6.45) is 1.52. The van der Waals surface area contributed by atoms with E-state index >= 15 is 0 Å². The topological polar surface area (TPSA) is 65.7 Å². The highest BCUT2D eigenvalue weighted by atomic mass is 35.5. The molecule has 0 aliphatic carbocycles. The third-order valence-electron chi connectivity index (χ3n) is 5.66. The average Bonchev–Trinajstić information content (AvgIpc) is 2.93. The Morgan fingerprint density at radius 1 is 0.919 bits per heavy atom. The molecule has 4 aromatic carbocycles. The Morgan fingerprint density at radius 2 is 1.65 bits per heavy atom. The van der Waals surface area contributed by atoms with Gasteiger partial charge in [0.1, 0.15) is 6.61 Å². The number of hydrogen-bond donors (Lipinski definition) is 0. The summed E-state index contributed by atoms with van der Waals surface area (Å²) in [5, 5.41) is 6.09. The molecule has 1 aromatic heterocycles. The molecule has 0 spiro atoms. The molecule has 6 nitrogen and oxygen atoms in total. The Balaban J connectivity index is 1.60. The molecular formula is C29H21Cl2N3O3. The fourth-order valence-corrected chi connectivity index (χ4v) is 4.19. The fraction of sp³-hybridized carbons (Fsp3) is 0.0690. The van der Waals surface area contributed by atoms with Crippen LogP contribution in [0.25, 0.3) is 22.3 Å². The van der Waals surface area contributed by atoms with Gasteiger partial charge in [0.05, 0.1) is 24.2 Å². The molecule has 0 aliphatic heterocycles. The highest BCUT2D eigenvalue weighted by molar-refractivity contribution is 6.31. The van der Waals surface area contributed by atoms with E-state index in [1.165, 1.54) is 18.0 Å². The molecule has 0 aliphatic rings. The van der Waals surface area contributed by atoms with Gasteiger partial charge in [0.25, 0.3) is 5.56 Å². The van der Waals surface area contributed by atoms with Gasteiger partial charge in [0.15, 0.2) is 17.3 Å². The molecule has 0 saturated heterocycles. The molecule has 0 bridgehead atoms. The van der Waals surface area contributed by atoms with Crippen molar-refractivity contribution in [2.45, 2.75) is 6.61 Å². The molecule has 5 rings (SSSR count). The van der Waals surface area contributed by atoms with Crippen LogP contribution in [0.15, 0.2) is 101 Å². The Hall–Kier alpha value is -4.13. The molecule has 8 heteroatoms. The quantitative estimate of drug-likeness (QED) is 0.216. The van der Waals surface area contributed by atoms with Gasteiger partial charge in [0, 0.05) is 27.2 Å². The fourth-order valence-electron chi connectivity index (χ4n) is 3.85. The lowest BCUT2D eigenvalue weighted by atomic mass is 10.2. The van der Waals surface area contributed by atoms with Crippen LogP contribution in [0.1, 0.15) is 11.1 Å². The summed E-state index contributed by atoms with van der Waals surface area (Å²) >= 11 is 12.4. The molecule has 0 fully saturated rings. The predicted octanol–water partition coefficient (Wildman–Crippen LogP) is 6.84. The first-order chi connectivity index (χ1) is 18.0. The van der Waals surface area contributed by atoms with Crippen molar-refractivity contribution in [2.24, 2.45) is 5.10 Å². The maximum absolute atomic E-state index is 13.5. The number of nitrogens with zero attached hydrogens (tertiary/aromatic N) is 3. The summed E-state index contributed by atoms with van der Waals surface area (Å²) in [6.45, 7) is 0.267. The zero-order chi connectivity index (χ0) is 25.8. The predicted molar refractivity (Wildman–Crippen MR) is 148 cm³/mol. The van der Waals surface area contributed by atoms with Gasteiger partial charge in [0.2, 0.25) is 0 Å². The van der Waals surface area contributed by atoms with E-state index in [0.717, 1.165) is 11.1 Å². The second kappa shape index (κ2) is 10.9. The number of halogens is 2. The SMILES string of the molecule is COc1cc(Cl)cc(C=Nn2c(-c3ccccc3)nc3ccccc3c2=O)c1OCc1ccc(Cl)cc1. The van der Waals surface area contributed by atoms with Crippen LogP contribution in [0.3, 0.4) is 0 Å². The van der Waals surface area contributed by atoms with E-state index in [1.807, 2.05) is 54.6 Å². The summed E-state index contributed by atoms with van der Waals surface area (Å²) in [5.74, 6) is 1.29. The van der Waals surface area contributed by atoms with Crippen molar-refractivity contribution in [2.75, 3.05) is 7.11 Å². The Kier molecular flexibility index (Phi) is 7.21. The first kappa shape index (κ1) is 24.6. The van der Waals surface area contributed by atoms with Gasteiger partial charge >= 0.3 is 0 Å². The van der Waals surface area contributed by atoms with Gasteiger partial charge in [-0.15, -0.1) is 0 Å². The number of rotatable bonds is 7. The number of aromatic nitrogens is 2. The molecule has 0 radical (unpaired) electrons. The number of para-hydroxylation sites is 1. The molecule has 1 heterocycles. The van der Waals surface area contributed by atoms with Crippen molar-refractivity contribution < 1.29 is 9.47 Å². The van der Waals surface area contributed by atoms with E-state index in [-0.39, 0.29) is 12.2 Å². The minimum atomic E-state index is -0.293. The monoisotopic (exact) mass is 529 g/mol. The molecular weight excluding hydrogens is 509 g/mol. The third-order valence-corrected chi connectivity index (χ3v) is 6.13. The standard InChI is InChI=1S/C29H21Cl2N3O3/c1-36-26-16-23(31)15-21(27(26)37-18-19-11-13-22(30)14-12-19)17-32-34-28(20-7-3-2-4-8-20)33-25-10-6-5-9-24(25)29(34)35/h2-17H,18H2,1H3. The summed E-state index contributed by atoms with van der Waals surface area (Å²) in [5.41, 5.74) is 2.51. The van der Waals surface area contributed by atoms with Gasteiger partial charge in [-0.05, 0) is 35.9 Å². The van der Waals surface area contributed by atoms with Crippen LogP contribution in [0.2, 0.25) is 10.0 Å². The molecule has 37 heavy (non-hydrogen) atoms. The maximum atomic E-state index is 13.5. The maximum Gasteiger partial charge on any atom is 0.282 e. The van der Waals surface area contributed by atoms with Crippen molar-refractivity contribution in [1.29, 1.82) is 0 Å². The van der Waals surface area contributed by atoms with Crippen molar-refractivity contribution in [3.63, 3.8) is 0 Å². The minimum Gasteiger partial charge on any atom is -0.493 e. The van der Waals surface area contributed by atoms with E-state index in [9.17, 15) is 4.79 Å². The van der Waals surface area contributed by atoms with E-state index in [2.05, 4.69) is 5.10 Å². The molecule has 0 amide bonds. The number of hydrogen-bond acceptors (Lipinski definition) is 5. The van der Waals surface area contributed by atoms with Crippen LogP contribution >= 0.6 is 23.2 Å². The van der Waals surface area contributed by atoms with Gasteiger partial charge in [-0.25, -0.2) is 4.98 Å². The van der Waals surface area contributed by atoms with Gasteiger partial charge in [-0.3, -0.25) is 4.79 Å². The summed E-state index contributed by atoms with van der Waals surface area (Å²) in [7, 11) is 1.53. The molecule has 184 valence electrons. The Bertz CT molecular complexity index is 1650. The largest absolute Gasteiger partial charge is 0.493 e. The summed E-state index contributed by atoms with van der Waals surface area (Å²) in [6, 6.07) is 27.3. The van der Waals surface area contributed by atoms with E-state index < -0.39 is 0 Å². The number of benzene rings is 4. The first-order valence-electron chi connectivity index (χ1n) is 11.4. The third kappa shape index (κ3) is 5.35. The first-order valence-corrected chi connectivity index (χ1v) is 12.2. The van der Waals surface area contributed by atoms with Crippen LogP contribution in [0, 0.1) is 0 Å². The highest BCUT2D eigenvalue weighted by Gasteiger charge is 2.15. The van der Waals surface area contributed by atoms with Crippen molar-refractivity contribution in [1.82, 2.24) is 9.66 Å². The zero-order valence-electron chi connectivity index (χ0n) is 19.8. The molecule has 0 atom stereocenters. The summed E-state index contributed by atoms with van der Waals surface area (Å²) < 4.78 is 12.9. The van der Waals surface area contributed by atoms with Crippen molar-refractivity contribution in [3.8, 4) is 22.9 Å². The molecule has 5 aromatic rings. The van der Waals surface area contributed by atoms with Crippen LogP contribution in [0.5, 0.6) is 11.5 Å². The van der Waals surface area contributed by atoms with Gasteiger partial charge in [-0.1, -0.05) is 77.8 Å². The molecule has 0 unspecified atom stereocenters. The minimum absolute atomic E-state index is 0.267. The lowest BCUT2D eigenvalue weighted by molar-refractivity contribution is 0.284. The summed E-state index contributed by atoms with van der Waals surface area (Å²) in [4.78, 5) is 18.2. The Morgan fingerprint density at radius 3 is 2.41 bits per heavy atom. The van der Waals surface area contributed by atoms with Crippen molar-refractivity contribution >= 4 is 40.3 Å². The second-order valence-corrected chi connectivity index (χ2v) is 8.99. The zero-order valence-corrected chi connectivity index (χ0v) is 21.3. The average molecular weight is 530 g/mol. The number of ether oxygens (including phenoxy) is 2. The van der Waals surface area contributed by atoms with E-state index in [4.69, 9.17) is 37.7 Å². The molecule has 0 saturated carbocycles. The van der Waals surface area contributed by atoms with Crippen LogP contribution in [-0.4, -0.2) is 23.0 Å². The molecule has 0 N–H and O–H groups in total. The van der Waals surface area contributed by atoms with Gasteiger partial charge in [-0.2, -0.15) is 9.78 Å². The van der Waals surface area contributed by atoms with Crippen LogP contribution < -0.4 is 15.0 Å². The lowest BCUT2D eigenvalue weighted by Crippen LogP contribution is -2.20.